The minimum Gasteiger partial charge on any atom is -0.497 e. The van der Waals surface area contributed by atoms with Crippen molar-refractivity contribution in [2.24, 2.45) is 0 Å². The molecule has 0 heterocycles. The van der Waals surface area contributed by atoms with E-state index in [0.717, 1.165) is 11.3 Å². The van der Waals surface area contributed by atoms with Gasteiger partial charge in [0.25, 0.3) is 0 Å². The van der Waals surface area contributed by atoms with Gasteiger partial charge in [-0.15, -0.1) is 0 Å². The first kappa shape index (κ1) is 16.7. The summed E-state index contributed by atoms with van der Waals surface area (Å²) < 4.78 is 16.1. The van der Waals surface area contributed by atoms with Gasteiger partial charge in [-0.25, -0.2) is 4.79 Å². The minimum atomic E-state index is -1.01. The average molecular weight is 316 g/mol. The number of rotatable bonds is 8. The molecule has 5 nitrogen and oxygen atoms in total. The number of methoxy groups -OCH3 is 1. The minimum absolute atomic E-state index is 0.263. The van der Waals surface area contributed by atoms with Crippen molar-refractivity contribution in [2.75, 3.05) is 13.7 Å². The van der Waals surface area contributed by atoms with Crippen LogP contribution in [0, 0.1) is 0 Å². The summed E-state index contributed by atoms with van der Waals surface area (Å²) in [4.78, 5) is 11.5. The molecule has 1 atom stereocenters. The van der Waals surface area contributed by atoms with Gasteiger partial charge in [0.2, 0.25) is 0 Å². The highest BCUT2D eigenvalue weighted by Gasteiger charge is 2.20. The van der Waals surface area contributed by atoms with Crippen molar-refractivity contribution in [3.63, 3.8) is 0 Å². The third kappa shape index (κ3) is 4.92. The topological polar surface area (TPSA) is 65.0 Å². The van der Waals surface area contributed by atoms with E-state index in [0.29, 0.717) is 18.1 Å². The van der Waals surface area contributed by atoms with Gasteiger partial charge in [-0.05, 0) is 36.8 Å². The predicted octanol–water partition coefficient (Wildman–Crippen LogP) is 3.17. The number of hydrogen-bond acceptors (Lipinski definition) is 4. The Morgan fingerprint density at radius 1 is 1.09 bits per heavy atom. The zero-order valence-electron chi connectivity index (χ0n) is 13.2. The lowest BCUT2D eigenvalue weighted by Crippen LogP contribution is -2.29. The van der Waals surface area contributed by atoms with E-state index in [2.05, 4.69) is 0 Å². The van der Waals surface area contributed by atoms with Crippen LogP contribution in [0.25, 0.3) is 0 Å². The molecule has 0 aliphatic rings. The molecule has 23 heavy (non-hydrogen) atoms. The molecule has 0 radical (unpaired) electrons. The fraction of sp³-hybridized carbons (Fsp3) is 0.278. The van der Waals surface area contributed by atoms with Crippen molar-refractivity contribution in [3.8, 4) is 17.2 Å². The second-order valence-electron chi connectivity index (χ2n) is 4.90. The smallest absolute Gasteiger partial charge is 0.345 e. The van der Waals surface area contributed by atoms with E-state index in [1.807, 2.05) is 31.2 Å². The van der Waals surface area contributed by atoms with Crippen LogP contribution < -0.4 is 14.2 Å². The number of aliphatic carboxylic acids is 1. The highest BCUT2D eigenvalue weighted by molar-refractivity contribution is 5.73. The SMILES string of the molecule is CCOc1ccc(CC(Oc2cccc(OC)c2)C(=O)O)cc1. The standard InChI is InChI=1S/C18H20O5/c1-3-22-14-9-7-13(8-10-14)11-17(18(19)20)23-16-6-4-5-15(12-16)21-2/h4-10,12,17H,3,11H2,1-2H3,(H,19,20). The molecule has 0 spiro atoms. The zero-order valence-corrected chi connectivity index (χ0v) is 13.2. The summed E-state index contributed by atoms with van der Waals surface area (Å²) >= 11 is 0. The van der Waals surface area contributed by atoms with Gasteiger partial charge >= 0.3 is 5.97 Å². The Bertz CT molecular complexity index is 636. The van der Waals surface area contributed by atoms with Crippen molar-refractivity contribution < 1.29 is 24.1 Å². The van der Waals surface area contributed by atoms with Crippen LogP contribution in [-0.4, -0.2) is 30.9 Å². The first-order chi connectivity index (χ1) is 11.1. The fourth-order valence-electron chi connectivity index (χ4n) is 2.12. The Labute approximate surface area is 135 Å². The van der Waals surface area contributed by atoms with Crippen molar-refractivity contribution in [1.29, 1.82) is 0 Å². The van der Waals surface area contributed by atoms with Gasteiger partial charge in [-0.1, -0.05) is 18.2 Å². The number of carboxylic acid groups (broad SMARTS) is 1. The molecular formula is C18H20O5. The molecule has 0 saturated heterocycles. The van der Waals surface area contributed by atoms with E-state index in [-0.39, 0.29) is 6.42 Å². The number of carboxylic acids is 1. The van der Waals surface area contributed by atoms with E-state index in [1.54, 1.807) is 31.4 Å². The lowest BCUT2D eigenvalue weighted by Gasteiger charge is -2.16. The van der Waals surface area contributed by atoms with Gasteiger partial charge in [0.15, 0.2) is 6.10 Å². The summed E-state index contributed by atoms with van der Waals surface area (Å²) in [5.41, 5.74) is 0.865. The fourth-order valence-corrected chi connectivity index (χ4v) is 2.12. The van der Waals surface area contributed by atoms with E-state index >= 15 is 0 Å². The second kappa shape index (κ2) is 8.08. The van der Waals surface area contributed by atoms with Crippen molar-refractivity contribution in [2.45, 2.75) is 19.4 Å². The average Bonchev–Trinajstić information content (AvgIpc) is 2.56. The highest BCUT2D eigenvalue weighted by atomic mass is 16.5. The van der Waals surface area contributed by atoms with Crippen LogP contribution in [0.1, 0.15) is 12.5 Å². The lowest BCUT2D eigenvalue weighted by molar-refractivity contribution is -0.145. The Morgan fingerprint density at radius 2 is 1.78 bits per heavy atom. The van der Waals surface area contributed by atoms with Crippen LogP contribution >= 0.6 is 0 Å². The number of benzene rings is 2. The molecule has 0 aliphatic carbocycles. The van der Waals surface area contributed by atoms with Crippen molar-refractivity contribution in [3.05, 3.63) is 54.1 Å². The van der Waals surface area contributed by atoms with Gasteiger partial charge < -0.3 is 19.3 Å². The molecule has 0 aliphatic heterocycles. The summed E-state index contributed by atoms with van der Waals surface area (Å²) in [6.45, 7) is 2.51. The molecule has 0 fully saturated rings. The van der Waals surface area contributed by atoms with E-state index in [4.69, 9.17) is 14.2 Å². The molecule has 2 aromatic rings. The molecule has 5 heteroatoms. The summed E-state index contributed by atoms with van der Waals surface area (Å²) in [5.74, 6) is 0.828. The molecule has 2 aromatic carbocycles. The van der Waals surface area contributed by atoms with Crippen molar-refractivity contribution >= 4 is 5.97 Å². The van der Waals surface area contributed by atoms with Crippen LogP contribution in [-0.2, 0) is 11.2 Å². The Balaban J connectivity index is 2.07. The zero-order chi connectivity index (χ0) is 16.7. The molecule has 122 valence electrons. The van der Waals surface area contributed by atoms with Gasteiger partial charge in [-0.2, -0.15) is 0 Å². The van der Waals surface area contributed by atoms with Gasteiger partial charge in [0.05, 0.1) is 13.7 Å². The third-order valence-electron chi connectivity index (χ3n) is 3.25. The van der Waals surface area contributed by atoms with Gasteiger partial charge in [0.1, 0.15) is 17.2 Å². The number of carbonyl (C=O) groups is 1. The lowest BCUT2D eigenvalue weighted by atomic mass is 10.1. The molecule has 0 bridgehead atoms. The molecule has 0 amide bonds. The number of ether oxygens (including phenoxy) is 3. The van der Waals surface area contributed by atoms with Crippen molar-refractivity contribution in [1.82, 2.24) is 0 Å². The summed E-state index contributed by atoms with van der Waals surface area (Å²) in [5, 5.41) is 9.38. The van der Waals surface area contributed by atoms with Gasteiger partial charge in [-0.3, -0.25) is 0 Å². The predicted molar refractivity (Wildman–Crippen MR) is 86.4 cm³/mol. The molecule has 0 aromatic heterocycles. The summed E-state index contributed by atoms with van der Waals surface area (Å²) in [7, 11) is 1.55. The molecule has 1 N–H and O–H groups in total. The van der Waals surface area contributed by atoms with Crippen LogP contribution in [0.5, 0.6) is 17.2 Å². The maximum atomic E-state index is 11.5. The van der Waals surface area contributed by atoms with E-state index < -0.39 is 12.1 Å². The van der Waals surface area contributed by atoms with Crippen LogP contribution in [0.15, 0.2) is 48.5 Å². The maximum absolute atomic E-state index is 11.5. The normalized spacial score (nSPS) is 11.6. The Morgan fingerprint density at radius 3 is 2.39 bits per heavy atom. The number of hydrogen-bond donors (Lipinski definition) is 1. The van der Waals surface area contributed by atoms with Crippen LogP contribution in [0.3, 0.4) is 0 Å². The van der Waals surface area contributed by atoms with Crippen LogP contribution in [0.2, 0.25) is 0 Å². The second-order valence-corrected chi connectivity index (χ2v) is 4.90. The van der Waals surface area contributed by atoms with Gasteiger partial charge in [0, 0.05) is 12.5 Å². The first-order valence-corrected chi connectivity index (χ1v) is 7.37. The third-order valence-corrected chi connectivity index (χ3v) is 3.25. The Kier molecular flexibility index (Phi) is 5.86. The van der Waals surface area contributed by atoms with E-state index in [1.165, 1.54) is 0 Å². The largest absolute Gasteiger partial charge is 0.497 e. The first-order valence-electron chi connectivity index (χ1n) is 7.37. The Hall–Kier alpha value is -2.69. The molecular weight excluding hydrogens is 296 g/mol. The molecule has 2 rings (SSSR count). The maximum Gasteiger partial charge on any atom is 0.345 e. The molecule has 0 saturated carbocycles. The van der Waals surface area contributed by atoms with E-state index in [9.17, 15) is 9.90 Å². The van der Waals surface area contributed by atoms with Crippen LogP contribution in [0.4, 0.5) is 0 Å². The summed E-state index contributed by atoms with van der Waals surface area (Å²) in [6, 6.07) is 14.2. The quantitative estimate of drug-likeness (QED) is 0.810. The highest BCUT2D eigenvalue weighted by Crippen LogP contribution is 2.21. The monoisotopic (exact) mass is 316 g/mol. The summed E-state index contributed by atoms with van der Waals surface area (Å²) in [6.07, 6.45) is -0.709. The molecule has 1 unspecified atom stereocenters.